The molecule has 0 spiro atoms. The smallest absolute Gasteiger partial charge is 0.228 e. The fourth-order valence-corrected chi connectivity index (χ4v) is 3.26. The topological polar surface area (TPSA) is 46.9 Å². The van der Waals surface area contributed by atoms with Crippen molar-refractivity contribution in [3.8, 4) is 0 Å². The largest absolute Gasteiger partial charge is 0.311 e. The van der Waals surface area contributed by atoms with Crippen LogP contribution in [0.5, 0.6) is 0 Å². The molecule has 116 valence electrons. The molecule has 1 saturated carbocycles. The molecule has 0 bridgehead atoms. The third-order valence-corrected chi connectivity index (χ3v) is 4.62. The molecule has 2 aromatic rings. The lowest BCUT2D eigenvalue weighted by Crippen LogP contribution is -2.22. The fourth-order valence-electron chi connectivity index (χ4n) is 2.79. The Morgan fingerprint density at radius 2 is 2.05 bits per heavy atom. The van der Waals surface area contributed by atoms with Crippen LogP contribution in [0.3, 0.4) is 0 Å². The molecular formula is C16H17Cl2N3O. The SMILES string of the molecule is O=C(Nc1ccnn1Cc1ccc(Cl)cc1Cl)C1CCCC1. The van der Waals surface area contributed by atoms with Crippen LogP contribution in [0, 0.1) is 5.92 Å². The van der Waals surface area contributed by atoms with Crippen LogP contribution in [0.4, 0.5) is 5.82 Å². The Morgan fingerprint density at radius 1 is 1.27 bits per heavy atom. The number of nitrogens with one attached hydrogen (secondary N) is 1. The van der Waals surface area contributed by atoms with Gasteiger partial charge in [-0.25, -0.2) is 4.68 Å². The van der Waals surface area contributed by atoms with Crippen molar-refractivity contribution < 1.29 is 4.79 Å². The van der Waals surface area contributed by atoms with Crippen molar-refractivity contribution in [3.63, 3.8) is 0 Å². The van der Waals surface area contributed by atoms with Crippen LogP contribution in [-0.4, -0.2) is 15.7 Å². The summed E-state index contributed by atoms with van der Waals surface area (Å²) in [6.45, 7) is 0.489. The zero-order chi connectivity index (χ0) is 15.5. The molecule has 1 aliphatic carbocycles. The van der Waals surface area contributed by atoms with Gasteiger partial charge in [0.15, 0.2) is 0 Å². The highest BCUT2D eigenvalue weighted by Crippen LogP contribution is 2.26. The van der Waals surface area contributed by atoms with E-state index >= 15 is 0 Å². The highest BCUT2D eigenvalue weighted by atomic mass is 35.5. The van der Waals surface area contributed by atoms with Gasteiger partial charge in [-0.2, -0.15) is 5.10 Å². The third-order valence-electron chi connectivity index (χ3n) is 4.03. The lowest BCUT2D eigenvalue weighted by atomic mass is 10.1. The number of hydrogen-bond acceptors (Lipinski definition) is 2. The highest BCUT2D eigenvalue weighted by Gasteiger charge is 2.23. The van der Waals surface area contributed by atoms with Crippen molar-refractivity contribution in [3.05, 3.63) is 46.1 Å². The van der Waals surface area contributed by atoms with Gasteiger partial charge in [0, 0.05) is 22.0 Å². The van der Waals surface area contributed by atoms with Gasteiger partial charge in [0.05, 0.1) is 12.7 Å². The molecule has 0 unspecified atom stereocenters. The lowest BCUT2D eigenvalue weighted by Gasteiger charge is -2.13. The van der Waals surface area contributed by atoms with Crippen LogP contribution in [0.1, 0.15) is 31.2 Å². The van der Waals surface area contributed by atoms with Crippen molar-refractivity contribution in [2.45, 2.75) is 32.2 Å². The van der Waals surface area contributed by atoms with Crippen molar-refractivity contribution in [2.24, 2.45) is 5.92 Å². The minimum atomic E-state index is 0.0847. The summed E-state index contributed by atoms with van der Waals surface area (Å²) in [5.41, 5.74) is 0.908. The summed E-state index contributed by atoms with van der Waals surface area (Å²) in [5.74, 6) is 0.909. The van der Waals surface area contributed by atoms with Gasteiger partial charge in [0.25, 0.3) is 0 Å². The maximum absolute atomic E-state index is 12.2. The number of rotatable bonds is 4. The zero-order valence-electron chi connectivity index (χ0n) is 12.1. The molecule has 0 atom stereocenters. The van der Waals surface area contributed by atoms with Crippen molar-refractivity contribution in [1.29, 1.82) is 0 Å². The second kappa shape index (κ2) is 6.71. The Balaban J connectivity index is 1.73. The van der Waals surface area contributed by atoms with Crippen molar-refractivity contribution in [2.75, 3.05) is 5.32 Å². The van der Waals surface area contributed by atoms with Crippen LogP contribution >= 0.6 is 23.2 Å². The highest BCUT2D eigenvalue weighted by molar-refractivity contribution is 6.35. The van der Waals surface area contributed by atoms with E-state index in [1.165, 1.54) is 0 Å². The summed E-state index contributed by atoms with van der Waals surface area (Å²) in [7, 11) is 0. The van der Waals surface area contributed by atoms with Gasteiger partial charge >= 0.3 is 0 Å². The molecule has 1 aliphatic rings. The van der Waals surface area contributed by atoms with Crippen molar-refractivity contribution >= 4 is 34.9 Å². The van der Waals surface area contributed by atoms with E-state index in [1.807, 2.05) is 6.07 Å². The predicted molar refractivity (Wildman–Crippen MR) is 88.4 cm³/mol. The molecule has 1 aromatic heterocycles. The quantitative estimate of drug-likeness (QED) is 0.900. The molecule has 0 saturated heterocycles. The minimum Gasteiger partial charge on any atom is -0.311 e. The van der Waals surface area contributed by atoms with E-state index in [0.717, 1.165) is 31.2 Å². The van der Waals surface area contributed by atoms with E-state index in [2.05, 4.69) is 10.4 Å². The molecule has 3 rings (SSSR count). The standard InChI is InChI=1S/C16H17Cl2N3O/c17-13-6-5-12(14(18)9-13)10-21-15(7-8-19-21)20-16(22)11-3-1-2-4-11/h5-9,11H,1-4,10H2,(H,20,22). The van der Waals surface area contributed by atoms with E-state index in [0.29, 0.717) is 22.4 Å². The van der Waals surface area contributed by atoms with Crippen LogP contribution in [0.25, 0.3) is 0 Å². The normalized spacial score (nSPS) is 15.2. The maximum atomic E-state index is 12.2. The Labute approximate surface area is 139 Å². The Hall–Kier alpha value is -1.52. The van der Waals surface area contributed by atoms with E-state index in [-0.39, 0.29) is 11.8 Å². The number of anilines is 1. The predicted octanol–water partition coefficient (Wildman–Crippen LogP) is 4.37. The number of carbonyl (C=O) groups is 1. The summed E-state index contributed by atoms with van der Waals surface area (Å²) < 4.78 is 1.74. The van der Waals surface area contributed by atoms with Crippen molar-refractivity contribution in [1.82, 2.24) is 9.78 Å². The third kappa shape index (κ3) is 3.45. The van der Waals surface area contributed by atoms with Crippen LogP contribution < -0.4 is 5.32 Å². The van der Waals surface area contributed by atoms with Gasteiger partial charge in [-0.1, -0.05) is 42.1 Å². The van der Waals surface area contributed by atoms with Crippen LogP contribution in [0.2, 0.25) is 10.0 Å². The first-order valence-electron chi connectivity index (χ1n) is 7.40. The van der Waals surface area contributed by atoms with Gasteiger partial charge in [-0.3, -0.25) is 4.79 Å². The first-order valence-corrected chi connectivity index (χ1v) is 8.15. The molecule has 1 fully saturated rings. The summed E-state index contributed by atoms with van der Waals surface area (Å²) in [5, 5.41) is 8.44. The molecule has 0 aliphatic heterocycles. The van der Waals surface area contributed by atoms with E-state index < -0.39 is 0 Å². The molecule has 0 radical (unpaired) electrons. The van der Waals surface area contributed by atoms with E-state index in [1.54, 1.807) is 29.1 Å². The number of carbonyl (C=O) groups excluding carboxylic acids is 1. The zero-order valence-corrected chi connectivity index (χ0v) is 13.6. The molecule has 6 heteroatoms. The number of hydrogen-bond donors (Lipinski definition) is 1. The summed E-state index contributed by atoms with van der Waals surface area (Å²) in [6, 6.07) is 7.17. The molecule has 1 heterocycles. The van der Waals surface area contributed by atoms with Crippen LogP contribution in [0.15, 0.2) is 30.5 Å². The number of benzene rings is 1. The maximum Gasteiger partial charge on any atom is 0.228 e. The van der Waals surface area contributed by atoms with Gasteiger partial charge in [0.1, 0.15) is 5.82 Å². The minimum absolute atomic E-state index is 0.0847. The summed E-state index contributed by atoms with van der Waals surface area (Å²) in [6.07, 6.45) is 5.90. The molecule has 1 amide bonds. The average Bonchev–Trinajstić information content (AvgIpc) is 3.14. The van der Waals surface area contributed by atoms with Gasteiger partial charge in [0.2, 0.25) is 5.91 Å². The van der Waals surface area contributed by atoms with Crippen LogP contribution in [-0.2, 0) is 11.3 Å². The first-order chi connectivity index (χ1) is 10.6. The summed E-state index contributed by atoms with van der Waals surface area (Å²) in [4.78, 5) is 12.2. The Kier molecular flexibility index (Phi) is 4.69. The van der Waals surface area contributed by atoms with Gasteiger partial charge < -0.3 is 5.32 Å². The average molecular weight is 338 g/mol. The first kappa shape index (κ1) is 15.4. The Bertz CT molecular complexity index is 678. The fraction of sp³-hybridized carbons (Fsp3) is 0.375. The molecule has 22 heavy (non-hydrogen) atoms. The van der Waals surface area contributed by atoms with E-state index in [4.69, 9.17) is 23.2 Å². The molecule has 1 aromatic carbocycles. The lowest BCUT2D eigenvalue weighted by molar-refractivity contribution is -0.119. The monoisotopic (exact) mass is 337 g/mol. The number of nitrogens with zero attached hydrogens (tertiary/aromatic N) is 2. The Morgan fingerprint density at radius 3 is 2.77 bits per heavy atom. The molecule has 4 nitrogen and oxygen atoms in total. The van der Waals surface area contributed by atoms with Gasteiger partial charge in [-0.15, -0.1) is 0 Å². The van der Waals surface area contributed by atoms with E-state index in [9.17, 15) is 4.79 Å². The second-order valence-corrected chi connectivity index (χ2v) is 6.42. The number of amides is 1. The summed E-state index contributed by atoms with van der Waals surface area (Å²) >= 11 is 12.1. The second-order valence-electron chi connectivity index (χ2n) is 5.58. The van der Waals surface area contributed by atoms with Gasteiger partial charge in [-0.05, 0) is 30.5 Å². The molecule has 1 N–H and O–H groups in total. The number of halogens is 2. The molecular weight excluding hydrogens is 321 g/mol. The number of aromatic nitrogens is 2.